The van der Waals surface area contributed by atoms with Gasteiger partial charge in [-0.3, -0.25) is 14.6 Å². The first-order valence-electron chi connectivity index (χ1n) is 8.15. The van der Waals surface area contributed by atoms with Gasteiger partial charge in [0.15, 0.2) is 0 Å². The van der Waals surface area contributed by atoms with Crippen molar-refractivity contribution in [2.45, 2.75) is 25.9 Å². The molecule has 1 aliphatic rings. The minimum absolute atomic E-state index is 0.0272. The molecule has 1 aromatic carbocycles. The second kappa shape index (κ2) is 7.25. The first-order valence-corrected chi connectivity index (χ1v) is 8.15. The van der Waals surface area contributed by atoms with Gasteiger partial charge in [-0.2, -0.15) is 0 Å². The summed E-state index contributed by atoms with van der Waals surface area (Å²) in [5.74, 6) is -0.318. The summed E-state index contributed by atoms with van der Waals surface area (Å²) in [4.78, 5) is 30.4. The van der Waals surface area contributed by atoms with Gasteiger partial charge in [-0.05, 0) is 30.2 Å². The van der Waals surface area contributed by atoms with Gasteiger partial charge in [-0.15, -0.1) is 0 Å². The van der Waals surface area contributed by atoms with Crippen LogP contribution in [0.2, 0.25) is 0 Å². The molecule has 2 amide bonds. The number of rotatable bonds is 5. The van der Waals surface area contributed by atoms with Crippen molar-refractivity contribution in [1.29, 1.82) is 0 Å². The van der Waals surface area contributed by atoms with Crippen LogP contribution in [0.1, 0.15) is 30.5 Å². The molecule has 3 rings (SSSR count). The summed E-state index contributed by atoms with van der Waals surface area (Å²) in [6, 6.07) is 13.5. The van der Waals surface area contributed by atoms with Crippen LogP contribution in [0, 0.1) is 5.92 Å². The smallest absolute Gasteiger partial charge is 0.225 e. The molecular weight excluding hydrogens is 302 g/mol. The molecule has 5 heteroatoms. The van der Waals surface area contributed by atoms with E-state index in [1.165, 1.54) is 0 Å². The summed E-state index contributed by atoms with van der Waals surface area (Å²) >= 11 is 0. The van der Waals surface area contributed by atoms with E-state index < -0.39 is 0 Å². The molecule has 1 N–H and O–H groups in total. The molecule has 1 aromatic heterocycles. The molecule has 1 aliphatic heterocycles. The van der Waals surface area contributed by atoms with Crippen LogP contribution in [0.3, 0.4) is 0 Å². The molecule has 2 atom stereocenters. The average molecular weight is 323 g/mol. The predicted octanol–water partition coefficient (Wildman–Crippen LogP) is 2.31. The van der Waals surface area contributed by atoms with E-state index in [9.17, 15) is 9.59 Å². The van der Waals surface area contributed by atoms with E-state index in [-0.39, 0.29) is 30.2 Å². The van der Waals surface area contributed by atoms with E-state index in [4.69, 9.17) is 0 Å². The van der Waals surface area contributed by atoms with Crippen LogP contribution in [0.5, 0.6) is 0 Å². The second-order valence-corrected chi connectivity index (χ2v) is 6.17. The SMILES string of the molecule is CC(NC(=O)C1CC(=O)N(Cc2ccncc2)C1)c1ccccc1. The van der Waals surface area contributed by atoms with Crippen LogP contribution in [0.15, 0.2) is 54.9 Å². The lowest BCUT2D eigenvalue weighted by atomic mass is 10.1. The Labute approximate surface area is 141 Å². The molecule has 1 fully saturated rings. The van der Waals surface area contributed by atoms with Crippen LogP contribution >= 0.6 is 0 Å². The number of hydrogen-bond donors (Lipinski definition) is 1. The quantitative estimate of drug-likeness (QED) is 0.918. The number of likely N-dealkylation sites (tertiary alicyclic amines) is 1. The molecule has 0 aliphatic carbocycles. The number of amides is 2. The van der Waals surface area contributed by atoms with E-state index in [0.717, 1.165) is 11.1 Å². The Morgan fingerprint density at radius 3 is 2.67 bits per heavy atom. The Hall–Kier alpha value is -2.69. The third-order valence-electron chi connectivity index (χ3n) is 4.37. The number of carbonyl (C=O) groups is 2. The van der Waals surface area contributed by atoms with Gasteiger partial charge in [0.05, 0.1) is 12.0 Å². The van der Waals surface area contributed by atoms with Gasteiger partial charge in [0, 0.05) is 31.9 Å². The molecule has 2 heterocycles. The molecule has 0 bridgehead atoms. The zero-order chi connectivity index (χ0) is 16.9. The number of hydrogen-bond acceptors (Lipinski definition) is 3. The zero-order valence-corrected chi connectivity index (χ0v) is 13.7. The first-order chi connectivity index (χ1) is 11.6. The molecule has 0 saturated carbocycles. The van der Waals surface area contributed by atoms with Crippen LogP contribution in [0.25, 0.3) is 0 Å². The monoisotopic (exact) mass is 323 g/mol. The minimum Gasteiger partial charge on any atom is -0.349 e. The Kier molecular flexibility index (Phi) is 4.89. The highest BCUT2D eigenvalue weighted by Crippen LogP contribution is 2.21. The van der Waals surface area contributed by atoms with Crippen molar-refractivity contribution < 1.29 is 9.59 Å². The largest absolute Gasteiger partial charge is 0.349 e. The maximum absolute atomic E-state index is 12.5. The van der Waals surface area contributed by atoms with Crippen molar-refractivity contribution in [3.05, 3.63) is 66.0 Å². The van der Waals surface area contributed by atoms with Crippen molar-refractivity contribution >= 4 is 11.8 Å². The highest BCUT2D eigenvalue weighted by Gasteiger charge is 2.34. The Balaban J connectivity index is 1.58. The maximum Gasteiger partial charge on any atom is 0.225 e. The third kappa shape index (κ3) is 3.79. The lowest BCUT2D eigenvalue weighted by Crippen LogP contribution is -2.34. The van der Waals surface area contributed by atoms with E-state index >= 15 is 0 Å². The Morgan fingerprint density at radius 2 is 1.96 bits per heavy atom. The molecule has 0 radical (unpaired) electrons. The Morgan fingerprint density at radius 1 is 1.25 bits per heavy atom. The number of benzene rings is 1. The first kappa shape index (κ1) is 16.2. The fourth-order valence-electron chi connectivity index (χ4n) is 2.97. The van der Waals surface area contributed by atoms with Crippen molar-refractivity contribution in [1.82, 2.24) is 15.2 Å². The van der Waals surface area contributed by atoms with Crippen LogP contribution < -0.4 is 5.32 Å². The summed E-state index contributed by atoms with van der Waals surface area (Å²) in [5, 5.41) is 3.02. The molecule has 24 heavy (non-hydrogen) atoms. The van der Waals surface area contributed by atoms with Gasteiger partial charge in [-0.1, -0.05) is 30.3 Å². The van der Waals surface area contributed by atoms with Gasteiger partial charge < -0.3 is 10.2 Å². The van der Waals surface area contributed by atoms with Gasteiger partial charge in [0.25, 0.3) is 0 Å². The van der Waals surface area contributed by atoms with Crippen LogP contribution in [0.4, 0.5) is 0 Å². The van der Waals surface area contributed by atoms with Gasteiger partial charge >= 0.3 is 0 Å². The summed E-state index contributed by atoms with van der Waals surface area (Å²) < 4.78 is 0. The lowest BCUT2D eigenvalue weighted by molar-refractivity contribution is -0.129. The molecular formula is C19H21N3O2. The normalized spacial score (nSPS) is 18.5. The second-order valence-electron chi connectivity index (χ2n) is 6.17. The van der Waals surface area contributed by atoms with Gasteiger partial charge in [0.2, 0.25) is 11.8 Å². The fourth-order valence-corrected chi connectivity index (χ4v) is 2.97. The summed E-state index contributed by atoms with van der Waals surface area (Å²) in [5.41, 5.74) is 2.08. The van der Waals surface area contributed by atoms with E-state index in [2.05, 4.69) is 10.3 Å². The molecule has 1 saturated heterocycles. The molecule has 0 spiro atoms. The fraction of sp³-hybridized carbons (Fsp3) is 0.316. The van der Waals surface area contributed by atoms with Crippen LogP contribution in [-0.4, -0.2) is 28.2 Å². The van der Waals surface area contributed by atoms with E-state index in [1.807, 2.05) is 49.4 Å². The lowest BCUT2D eigenvalue weighted by Gasteiger charge is -2.18. The average Bonchev–Trinajstić information content (AvgIpc) is 2.97. The third-order valence-corrected chi connectivity index (χ3v) is 4.37. The van der Waals surface area contributed by atoms with E-state index in [0.29, 0.717) is 13.1 Å². The van der Waals surface area contributed by atoms with E-state index in [1.54, 1.807) is 17.3 Å². The number of nitrogens with one attached hydrogen (secondary N) is 1. The molecule has 124 valence electrons. The summed E-state index contributed by atoms with van der Waals surface area (Å²) in [7, 11) is 0. The van der Waals surface area contributed by atoms with Crippen molar-refractivity contribution in [2.24, 2.45) is 5.92 Å². The van der Waals surface area contributed by atoms with Crippen molar-refractivity contribution in [2.75, 3.05) is 6.54 Å². The number of nitrogens with zero attached hydrogens (tertiary/aromatic N) is 2. The summed E-state index contributed by atoms with van der Waals surface area (Å²) in [6.45, 7) is 2.95. The zero-order valence-electron chi connectivity index (χ0n) is 13.7. The highest BCUT2D eigenvalue weighted by atomic mass is 16.2. The predicted molar refractivity (Wildman–Crippen MR) is 90.8 cm³/mol. The van der Waals surface area contributed by atoms with Crippen LogP contribution in [-0.2, 0) is 16.1 Å². The number of carbonyl (C=O) groups excluding carboxylic acids is 2. The Bertz CT molecular complexity index is 703. The molecule has 2 unspecified atom stereocenters. The number of aromatic nitrogens is 1. The highest BCUT2D eigenvalue weighted by molar-refractivity contribution is 5.89. The molecule has 2 aromatic rings. The van der Waals surface area contributed by atoms with Crippen molar-refractivity contribution in [3.63, 3.8) is 0 Å². The van der Waals surface area contributed by atoms with Crippen molar-refractivity contribution in [3.8, 4) is 0 Å². The standard InChI is InChI=1S/C19H21N3O2/c1-14(16-5-3-2-4-6-16)21-19(24)17-11-18(23)22(13-17)12-15-7-9-20-10-8-15/h2-10,14,17H,11-13H2,1H3,(H,21,24). The number of pyridine rings is 1. The topological polar surface area (TPSA) is 62.3 Å². The maximum atomic E-state index is 12.5. The van der Waals surface area contributed by atoms with Gasteiger partial charge in [0.1, 0.15) is 0 Å². The molecule has 5 nitrogen and oxygen atoms in total. The summed E-state index contributed by atoms with van der Waals surface area (Å²) in [6.07, 6.45) is 3.70. The minimum atomic E-state index is -0.287. The van der Waals surface area contributed by atoms with Gasteiger partial charge in [-0.25, -0.2) is 0 Å².